The van der Waals surface area contributed by atoms with Crippen LogP contribution < -0.4 is 10.5 Å². The molecule has 1 aromatic rings. The number of ether oxygens (including phenoxy) is 2. The van der Waals surface area contributed by atoms with Gasteiger partial charge in [-0.25, -0.2) is 4.39 Å². The lowest BCUT2D eigenvalue weighted by molar-refractivity contribution is 0.0215. The average Bonchev–Trinajstić information content (AvgIpc) is 2.44. The van der Waals surface area contributed by atoms with Gasteiger partial charge in [0.15, 0.2) is 11.6 Å². The van der Waals surface area contributed by atoms with Crippen LogP contribution in [0.5, 0.6) is 5.75 Å². The van der Waals surface area contributed by atoms with Crippen LogP contribution in [0.2, 0.25) is 0 Å². The van der Waals surface area contributed by atoms with Crippen molar-refractivity contribution in [2.45, 2.75) is 6.04 Å². The van der Waals surface area contributed by atoms with Gasteiger partial charge in [-0.3, -0.25) is 4.90 Å². The molecular formula is C14H19FN2O2. The van der Waals surface area contributed by atoms with Crippen LogP contribution in [-0.4, -0.2) is 44.4 Å². The second-order valence-corrected chi connectivity index (χ2v) is 5.17. The van der Waals surface area contributed by atoms with E-state index in [1.165, 1.54) is 6.07 Å². The van der Waals surface area contributed by atoms with Crippen molar-refractivity contribution in [2.24, 2.45) is 11.7 Å². The maximum Gasteiger partial charge on any atom is 0.165 e. The number of para-hydroxylation sites is 1. The Labute approximate surface area is 112 Å². The molecule has 1 aromatic carbocycles. The molecule has 1 saturated heterocycles. The number of hydrogen-bond donors (Lipinski definition) is 1. The van der Waals surface area contributed by atoms with E-state index in [1.54, 1.807) is 6.07 Å². The Morgan fingerprint density at radius 2 is 2.11 bits per heavy atom. The number of nitrogens with two attached hydrogens (primary N) is 1. The molecule has 0 aromatic heterocycles. The van der Waals surface area contributed by atoms with Gasteiger partial charge in [0.2, 0.25) is 0 Å². The minimum atomic E-state index is -0.322. The van der Waals surface area contributed by atoms with E-state index in [4.69, 9.17) is 15.2 Å². The lowest BCUT2D eigenvalue weighted by Crippen LogP contribution is -2.44. The zero-order valence-electron chi connectivity index (χ0n) is 10.8. The van der Waals surface area contributed by atoms with E-state index in [-0.39, 0.29) is 17.8 Å². The Bertz CT molecular complexity index is 449. The number of benzene rings is 1. The molecule has 4 nitrogen and oxygen atoms in total. The van der Waals surface area contributed by atoms with Crippen molar-refractivity contribution in [3.8, 4) is 5.75 Å². The highest BCUT2D eigenvalue weighted by molar-refractivity contribution is 5.39. The monoisotopic (exact) mass is 266 g/mol. The summed E-state index contributed by atoms with van der Waals surface area (Å²) in [5.41, 5.74) is 7.05. The summed E-state index contributed by atoms with van der Waals surface area (Å²) in [5, 5.41) is 0. The summed E-state index contributed by atoms with van der Waals surface area (Å²) in [7, 11) is 0. The van der Waals surface area contributed by atoms with Gasteiger partial charge in [-0.1, -0.05) is 12.1 Å². The molecule has 0 radical (unpaired) electrons. The molecule has 2 heterocycles. The molecule has 2 aliphatic rings. The predicted molar refractivity (Wildman–Crippen MR) is 69.6 cm³/mol. The summed E-state index contributed by atoms with van der Waals surface area (Å²) in [6.07, 6.45) is 0. The van der Waals surface area contributed by atoms with Crippen LogP contribution in [0.3, 0.4) is 0 Å². The number of fused-ring (bicyclic) bond motifs is 1. The highest BCUT2D eigenvalue weighted by Crippen LogP contribution is 2.35. The van der Waals surface area contributed by atoms with E-state index in [0.717, 1.165) is 38.4 Å². The van der Waals surface area contributed by atoms with Crippen LogP contribution in [0.25, 0.3) is 0 Å². The van der Waals surface area contributed by atoms with Crippen LogP contribution >= 0.6 is 0 Å². The first-order valence-electron chi connectivity index (χ1n) is 6.72. The van der Waals surface area contributed by atoms with Gasteiger partial charge in [0.1, 0.15) is 0 Å². The van der Waals surface area contributed by atoms with Crippen molar-refractivity contribution >= 4 is 0 Å². The first-order chi connectivity index (χ1) is 9.25. The second kappa shape index (κ2) is 5.45. The molecule has 0 saturated carbocycles. The Morgan fingerprint density at radius 1 is 1.32 bits per heavy atom. The minimum Gasteiger partial charge on any atom is -0.490 e. The van der Waals surface area contributed by atoms with Crippen LogP contribution in [0.4, 0.5) is 4.39 Å². The van der Waals surface area contributed by atoms with Gasteiger partial charge >= 0.3 is 0 Å². The Balaban J connectivity index is 1.72. The van der Waals surface area contributed by atoms with Gasteiger partial charge < -0.3 is 15.2 Å². The molecule has 1 fully saturated rings. The molecular weight excluding hydrogens is 247 g/mol. The first kappa shape index (κ1) is 12.8. The molecule has 2 N–H and O–H groups in total. The fraction of sp³-hybridized carbons (Fsp3) is 0.571. The number of rotatable bonds is 2. The normalized spacial score (nSPS) is 27.7. The fourth-order valence-corrected chi connectivity index (χ4v) is 2.77. The highest BCUT2D eigenvalue weighted by atomic mass is 19.1. The van der Waals surface area contributed by atoms with Gasteiger partial charge in [0.25, 0.3) is 0 Å². The van der Waals surface area contributed by atoms with Gasteiger partial charge in [-0.2, -0.15) is 0 Å². The zero-order valence-corrected chi connectivity index (χ0v) is 10.8. The predicted octanol–water partition coefficient (Wildman–Crippen LogP) is 1.17. The number of hydrogen-bond acceptors (Lipinski definition) is 4. The summed E-state index contributed by atoms with van der Waals surface area (Å²) in [5.74, 6) is 0.207. The van der Waals surface area contributed by atoms with E-state index in [0.29, 0.717) is 12.4 Å². The lowest BCUT2D eigenvalue weighted by Gasteiger charge is -2.36. The van der Waals surface area contributed by atoms with E-state index in [2.05, 4.69) is 4.90 Å². The van der Waals surface area contributed by atoms with Crippen molar-refractivity contribution in [3.63, 3.8) is 0 Å². The summed E-state index contributed by atoms with van der Waals surface area (Å²) in [6.45, 7) is 4.76. The third kappa shape index (κ3) is 2.59. The molecule has 0 bridgehead atoms. The Hall–Kier alpha value is -1.17. The van der Waals surface area contributed by atoms with Gasteiger partial charge in [0.05, 0.1) is 19.8 Å². The molecule has 2 unspecified atom stereocenters. The fourth-order valence-electron chi connectivity index (χ4n) is 2.77. The molecule has 0 aliphatic carbocycles. The van der Waals surface area contributed by atoms with Gasteiger partial charge in [-0.15, -0.1) is 0 Å². The molecule has 3 rings (SSSR count). The van der Waals surface area contributed by atoms with Gasteiger partial charge in [-0.05, 0) is 6.07 Å². The summed E-state index contributed by atoms with van der Waals surface area (Å²) < 4.78 is 24.5. The third-order valence-corrected chi connectivity index (χ3v) is 3.90. The zero-order chi connectivity index (χ0) is 13.2. The van der Waals surface area contributed by atoms with Crippen molar-refractivity contribution in [2.75, 3.05) is 39.5 Å². The molecule has 2 aliphatic heterocycles. The molecule has 0 amide bonds. The summed E-state index contributed by atoms with van der Waals surface area (Å²) in [6, 6.07) is 4.79. The van der Waals surface area contributed by atoms with Crippen LogP contribution in [0, 0.1) is 11.7 Å². The van der Waals surface area contributed by atoms with Crippen molar-refractivity contribution < 1.29 is 13.9 Å². The SMILES string of the molecule is NC1c2cccc(F)c2OCC1CN1CCOCC1. The van der Waals surface area contributed by atoms with Crippen LogP contribution in [0.1, 0.15) is 11.6 Å². The molecule has 2 atom stereocenters. The van der Waals surface area contributed by atoms with Crippen molar-refractivity contribution in [1.82, 2.24) is 4.90 Å². The van der Waals surface area contributed by atoms with E-state index in [9.17, 15) is 4.39 Å². The second-order valence-electron chi connectivity index (χ2n) is 5.17. The number of nitrogens with zero attached hydrogens (tertiary/aromatic N) is 1. The highest BCUT2D eigenvalue weighted by Gasteiger charge is 2.31. The largest absolute Gasteiger partial charge is 0.490 e. The van der Waals surface area contributed by atoms with E-state index >= 15 is 0 Å². The lowest BCUT2D eigenvalue weighted by atomic mass is 9.90. The molecule has 104 valence electrons. The third-order valence-electron chi connectivity index (χ3n) is 3.90. The van der Waals surface area contributed by atoms with Crippen molar-refractivity contribution in [1.29, 1.82) is 0 Å². The van der Waals surface area contributed by atoms with Crippen LogP contribution in [-0.2, 0) is 4.74 Å². The average molecular weight is 266 g/mol. The molecule has 5 heteroatoms. The minimum absolute atomic E-state index is 0.165. The summed E-state index contributed by atoms with van der Waals surface area (Å²) >= 11 is 0. The Morgan fingerprint density at radius 3 is 2.89 bits per heavy atom. The quantitative estimate of drug-likeness (QED) is 0.873. The molecule has 19 heavy (non-hydrogen) atoms. The maximum absolute atomic E-state index is 13.6. The topological polar surface area (TPSA) is 47.7 Å². The maximum atomic E-state index is 13.6. The smallest absolute Gasteiger partial charge is 0.165 e. The Kier molecular flexibility index (Phi) is 3.68. The first-order valence-corrected chi connectivity index (χ1v) is 6.72. The van der Waals surface area contributed by atoms with Crippen LogP contribution in [0.15, 0.2) is 18.2 Å². The van der Waals surface area contributed by atoms with Crippen molar-refractivity contribution in [3.05, 3.63) is 29.6 Å². The summed E-state index contributed by atoms with van der Waals surface area (Å²) in [4.78, 5) is 2.33. The number of morpholine rings is 1. The van der Waals surface area contributed by atoms with E-state index < -0.39 is 0 Å². The molecule has 0 spiro atoms. The van der Waals surface area contributed by atoms with E-state index in [1.807, 2.05) is 6.07 Å². The standard InChI is InChI=1S/C14H19FN2O2/c15-12-3-1-2-11-13(16)10(9-19-14(11)12)8-17-4-6-18-7-5-17/h1-3,10,13H,4-9,16H2. The number of halogens is 1. The van der Waals surface area contributed by atoms with Gasteiger partial charge in [0, 0.05) is 37.2 Å².